The number of nitrogens with zero attached hydrogens (tertiary/aromatic N) is 1. The lowest BCUT2D eigenvalue weighted by Crippen LogP contribution is -2.35. The molecule has 3 heteroatoms. The predicted octanol–water partition coefficient (Wildman–Crippen LogP) is 4.73. The van der Waals surface area contributed by atoms with Crippen LogP contribution in [0.25, 0.3) is 0 Å². The highest BCUT2D eigenvalue weighted by atomic mass is 19.1. The van der Waals surface area contributed by atoms with Gasteiger partial charge in [0.15, 0.2) is 0 Å². The van der Waals surface area contributed by atoms with E-state index in [2.05, 4.69) is 44.8 Å². The Kier molecular flexibility index (Phi) is 7.73. The van der Waals surface area contributed by atoms with Crippen molar-refractivity contribution in [2.45, 2.75) is 72.5 Å². The second-order valence-corrected chi connectivity index (χ2v) is 6.09. The lowest BCUT2D eigenvalue weighted by atomic mass is 10.1. The molecule has 1 unspecified atom stereocenters. The molecular weight excluding hydrogens is 263 g/mol. The SMILES string of the molecule is CCCCN(c1c(F)cccc1CNC(C)C)C(C)CC. The number of hydrogen-bond acceptors (Lipinski definition) is 2. The summed E-state index contributed by atoms with van der Waals surface area (Å²) >= 11 is 0. The van der Waals surface area contributed by atoms with E-state index in [1.54, 1.807) is 6.07 Å². The number of hydrogen-bond donors (Lipinski definition) is 1. The van der Waals surface area contributed by atoms with E-state index in [0.717, 1.165) is 37.1 Å². The molecule has 21 heavy (non-hydrogen) atoms. The van der Waals surface area contributed by atoms with Crippen molar-refractivity contribution in [3.05, 3.63) is 29.6 Å². The Hall–Kier alpha value is -1.09. The van der Waals surface area contributed by atoms with E-state index in [4.69, 9.17) is 0 Å². The third-order valence-corrected chi connectivity index (χ3v) is 3.93. The summed E-state index contributed by atoms with van der Waals surface area (Å²) in [5.41, 5.74) is 1.84. The highest BCUT2D eigenvalue weighted by Crippen LogP contribution is 2.28. The number of rotatable bonds is 9. The van der Waals surface area contributed by atoms with Crippen molar-refractivity contribution in [2.75, 3.05) is 11.4 Å². The minimum atomic E-state index is -0.102. The third kappa shape index (κ3) is 5.31. The first-order chi connectivity index (χ1) is 10.0. The van der Waals surface area contributed by atoms with Gasteiger partial charge >= 0.3 is 0 Å². The second-order valence-electron chi connectivity index (χ2n) is 6.09. The lowest BCUT2D eigenvalue weighted by molar-refractivity contribution is 0.550. The van der Waals surface area contributed by atoms with Crippen molar-refractivity contribution < 1.29 is 4.39 Å². The molecule has 0 spiro atoms. The number of halogens is 1. The van der Waals surface area contributed by atoms with Crippen LogP contribution in [0, 0.1) is 5.82 Å². The van der Waals surface area contributed by atoms with Crippen LogP contribution in [0.2, 0.25) is 0 Å². The van der Waals surface area contributed by atoms with Gasteiger partial charge in [0.25, 0.3) is 0 Å². The fourth-order valence-electron chi connectivity index (χ4n) is 2.44. The van der Waals surface area contributed by atoms with Gasteiger partial charge < -0.3 is 10.2 Å². The fourth-order valence-corrected chi connectivity index (χ4v) is 2.44. The summed E-state index contributed by atoms with van der Waals surface area (Å²) in [5, 5.41) is 3.40. The first-order valence-electron chi connectivity index (χ1n) is 8.28. The summed E-state index contributed by atoms with van der Waals surface area (Å²) in [4.78, 5) is 2.25. The first-order valence-corrected chi connectivity index (χ1v) is 8.28. The highest BCUT2D eigenvalue weighted by Gasteiger charge is 2.19. The minimum Gasteiger partial charge on any atom is -0.366 e. The monoisotopic (exact) mass is 294 g/mol. The maximum atomic E-state index is 14.5. The van der Waals surface area contributed by atoms with Gasteiger partial charge in [-0.05, 0) is 31.4 Å². The Morgan fingerprint density at radius 2 is 1.90 bits per heavy atom. The Labute approximate surface area is 129 Å². The topological polar surface area (TPSA) is 15.3 Å². The van der Waals surface area contributed by atoms with Gasteiger partial charge in [-0.2, -0.15) is 0 Å². The molecule has 0 aliphatic carbocycles. The molecule has 0 aromatic heterocycles. The molecule has 0 bridgehead atoms. The minimum absolute atomic E-state index is 0.102. The number of anilines is 1. The summed E-state index contributed by atoms with van der Waals surface area (Å²) in [6, 6.07) is 6.18. The van der Waals surface area contributed by atoms with Crippen molar-refractivity contribution in [1.82, 2.24) is 5.32 Å². The zero-order valence-corrected chi connectivity index (χ0v) is 14.2. The van der Waals surface area contributed by atoms with Crippen LogP contribution in [-0.2, 0) is 6.54 Å². The van der Waals surface area contributed by atoms with E-state index in [-0.39, 0.29) is 5.82 Å². The molecule has 1 atom stereocenters. The molecule has 120 valence electrons. The standard InChI is InChI=1S/C18H31FN2/c1-6-8-12-21(15(5)7-2)18-16(13-20-14(3)4)10-9-11-17(18)19/h9-11,14-15,20H,6-8,12-13H2,1-5H3. The van der Waals surface area contributed by atoms with Crippen LogP contribution in [0.15, 0.2) is 18.2 Å². The van der Waals surface area contributed by atoms with Crippen molar-refractivity contribution >= 4 is 5.69 Å². The van der Waals surface area contributed by atoms with E-state index >= 15 is 0 Å². The largest absolute Gasteiger partial charge is 0.366 e. The van der Waals surface area contributed by atoms with Crippen molar-refractivity contribution in [1.29, 1.82) is 0 Å². The second kappa shape index (κ2) is 9.04. The predicted molar refractivity (Wildman–Crippen MR) is 90.4 cm³/mol. The van der Waals surface area contributed by atoms with Crippen LogP contribution in [-0.4, -0.2) is 18.6 Å². The maximum absolute atomic E-state index is 14.5. The zero-order chi connectivity index (χ0) is 15.8. The average molecular weight is 294 g/mol. The molecule has 2 nitrogen and oxygen atoms in total. The van der Waals surface area contributed by atoms with Crippen molar-refractivity contribution in [2.24, 2.45) is 0 Å². The zero-order valence-electron chi connectivity index (χ0n) is 14.2. The van der Waals surface area contributed by atoms with E-state index in [9.17, 15) is 4.39 Å². The van der Waals surface area contributed by atoms with Crippen LogP contribution in [0.3, 0.4) is 0 Å². The van der Waals surface area contributed by atoms with Crippen LogP contribution < -0.4 is 10.2 Å². The Bertz CT molecular complexity index is 418. The summed E-state index contributed by atoms with van der Waals surface area (Å²) in [6.07, 6.45) is 3.24. The maximum Gasteiger partial charge on any atom is 0.146 e. The van der Waals surface area contributed by atoms with Gasteiger partial charge in [0.1, 0.15) is 5.82 Å². The van der Waals surface area contributed by atoms with Gasteiger partial charge in [-0.25, -0.2) is 4.39 Å². The number of para-hydroxylation sites is 1. The Morgan fingerprint density at radius 1 is 1.19 bits per heavy atom. The molecule has 0 aliphatic heterocycles. The molecule has 1 aromatic rings. The van der Waals surface area contributed by atoms with Crippen molar-refractivity contribution in [3.63, 3.8) is 0 Å². The third-order valence-electron chi connectivity index (χ3n) is 3.93. The number of unbranched alkanes of at least 4 members (excludes halogenated alkanes) is 1. The summed E-state index contributed by atoms with van der Waals surface area (Å²) in [6.45, 7) is 12.4. The van der Waals surface area contributed by atoms with E-state index in [1.807, 2.05) is 12.1 Å². The van der Waals surface area contributed by atoms with E-state index in [0.29, 0.717) is 18.6 Å². The summed E-state index contributed by atoms with van der Waals surface area (Å²) in [5.74, 6) is -0.102. The lowest BCUT2D eigenvalue weighted by Gasteiger charge is -2.33. The normalized spacial score (nSPS) is 12.7. The smallest absolute Gasteiger partial charge is 0.146 e. The molecule has 0 fully saturated rings. The van der Waals surface area contributed by atoms with Gasteiger partial charge in [-0.1, -0.05) is 46.2 Å². The van der Waals surface area contributed by atoms with E-state index in [1.165, 1.54) is 0 Å². The fraction of sp³-hybridized carbons (Fsp3) is 0.667. The van der Waals surface area contributed by atoms with Gasteiger partial charge in [0.2, 0.25) is 0 Å². The molecule has 0 radical (unpaired) electrons. The van der Waals surface area contributed by atoms with Gasteiger partial charge in [-0.3, -0.25) is 0 Å². The summed E-state index contributed by atoms with van der Waals surface area (Å²) < 4.78 is 14.5. The molecule has 0 aliphatic rings. The molecule has 1 aromatic carbocycles. The van der Waals surface area contributed by atoms with E-state index < -0.39 is 0 Å². The Morgan fingerprint density at radius 3 is 2.48 bits per heavy atom. The molecule has 0 amide bonds. The first kappa shape index (κ1) is 18.0. The Balaban J connectivity index is 3.08. The highest BCUT2D eigenvalue weighted by molar-refractivity contribution is 5.55. The van der Waals surface area contributed by atoms with Crippen LogP contribution in [0.4, 0.5) is 10.1 Å². The molecule has 0 saturated heterocycles. The molecule has 0 saturated carbocycles. The summed E-state index contributed by atoms with van der Waals surface area (Å²) in [7, 11) is 0. The number of benzene rings is 1. The average Bonchev–Trinajstić information content (AvgIpc) is 2.46. The van der Waals surface area contributed by atoms with Crippen LogP contribution in [0.1, 0.15) is 59.4 Å². The van der Waals surface area contributed by atoms with Gasteiger partial charge in [-0.15, -0.1) is 0 Å². The van der Waals surface area contributed by atoms with Crippen LogP contribution in [0.5, 0.6) is 0 Å². The molecular formula is C18H31FN2. The van der Waals surface area contributed by atoms with Crippen LogP contribution >= 0.6 is 0 Å². The molecule has 1 rings (SSSR count). The molecule has 0 heterocycles. The van der Waals surface area contributed by atoms with Gasteiger partial charge in [0, 0.05) is 25.2 Å². The quantitative estimate of drug-likeness (QED) is 0.708. The number of nitrogens with one attached hydrogen (secondary N) is 1. The van der Waals surface area contributed by atoms with Gasteiger partial charge in [0.05, 0.1) is 5.69 Å². The van der Waals surface area contributed by atoms with Crippen molar-refractivity contribution in [3.8, 4) is 0 Å². The molecule has 1 N–H and O–H groups in total.